The minimum atomic E-state index is -3.02. The van der Waals surface area contributed by atoms with E-state index in [9.17, 15) is 13.6 Å². The predicted molar refractivity (Wildman–Crippen MR) is 93.1 cm³/mol. The van der Waals surface area contributed by atoms with E-state index >= 15 is 0 Å². The number of hydrogen-bond acceptors (Lipinski definition) is 2. The first-order valence-corrected chi connectivity index (χ1v) is 9.01. The molecule has 1 N–H and O–H groups in total. The predicted octanol–water partition coefficient (Wildman–Crippen LogP) is 4.66. The van der Waals surface area contributed by atoms with Crippen LogP contribution in [-0.4, -0.2) is 12.3 Å². The van der Waals surface area contributed by atoms with Crippen LogP contribution in [0.3, 0.4) is 0 Å². The van der Waals surface area contributed by atoms with E-state index in [-0.39, 0.29) is 11.3 Å². The van der Waals surface area contributed by atoms with E-state index in [1.54, 1.807) is 28.3 Å². The van der Waals surface area contributed by atoms with E-state index in [1.165, 1.54) is 19.3 Å². The highest BCUT2D eigenvalue weighted by Crippen LogP contribution is 2.39. The van der Waals surface area contributed by atoms with E-state index in [0.717, 1.165) is 12.1 Å². The average molecular weight is 341 g/mol. The molecule has 1 fully saturated rings. The Kier molecular flexibility index (Phi) is 6.27. The minimum Gasteiger partial charge on any atom is -0.312 e. The Morgan fingerprint density at radius 1 is 1.35 bits per heavy atom. The SMILES string of the molecule is CCC(=O)c1cc(CNCC2CCC2)cc(C(F)(F)P)c1CC. The molecule has 128 valence electrons. The Morgan fingerprint density at radius 2 is 2.04 bits per heavy atom. The highest BCUT2D eigenvalue weighted by molar-refractivity contribution is 7.17. The summed E-state index contributed by atoms with van der Waals surface area (Å²) in [7, 11) is 1.60. The van der Waals surface area contributed by atoms with Gasteiger partial charge in [-0.05, 0) is 55.0 Å². The lowest BCUT2D eigenvalue weighted by molar-refractivity contribution is 0.0978. The van der Waals surface area contributed by atoms with Gasteiger partial charge in [-0.3, -0.25) is 4.79 Å². The molecule has 5 heteroatoms. The van der Waals surface area contributed by atoms with Gasteiger partial charge in [-0.25, -0.2) is 0 Å². The number of rotatable bonds is 8. The Bertz CT molecular complexity index is 565. The molecule has 23 heavy (non-hydrogen) atoms. The molecule has 0 aromatic heterocycles. The summed E-state index contributed by atoms with van der Waals surface area (Å²) < 4.78 is 27.9. The molecule has 0 amide bonds. The van der Waals surface area contributed by atoms with E-state index in [2.05, 4.69) is 5.32 Å². The van der Waals surface area contributed by atoms with Crippen LogP contribution >= 0.6 is 9.24 Å². The highest BCUT2D eigenvalue weighted by atomic mass is 31.0. The molecular weight excluding hydrogens is 315 g/mol. The number of Topliss-reactive ketones (excluding diaryl/α,β-unsaturated/α-hetero) is 1. The van der Waals surface area contributed by atoms with Crippen molar-refractivity contribution in [1.29, 1.82) is 0 Å². The number of carbonyl (C=O) groups is 1. The number of nitrogens with one attached hydrogen (secondary N) is 1. The molecule has 1 aromatic carbocycles. The second kappa shape index (κ2) is 7.81. The van der Waals surface area contributed by atoms with Gasteiger partial charge >= 0.3 is 0 Å². The van der Waals surface area contributed by atoms with Gasteiger partial charge in [0.25, 0.3) is 5.66 Å². The summed E-state index contributed by atoms with van der Waals surface area (Å²) in [4.78, 5) is 12.2. The molecule has 1 aliphatic carbocycles. The number of carbonyl (C=O) groups excluding carboxylic acids is 1. The number of hydrogen-bond donors (Lipinski definition) is 1. The van der Waals surface area contributed by atoms with Crippen LogP contribution in [-0.2, 0) is 18.6 Å². The van der Waals surface area contributed by atoms with Crippen molar-refractivity contribution in [2.75, 3.05) is 6.54 Å². The van der Waals surface area contributed by atoms with E-state index in [1.807, 2.05) is 6.92 Å². The molecule has 1 atom stereocenters. The maximum Gasteiger partial charge on any atom is 0.284 e. The molecule has 1 saturated carbocycles. The van der Waals surface area contributed by atoms with Gasteiger partial charge in [-0.15, -0.1) is 0 Å². The van der Waals surface area contributed by atoms with E-state index in [4.69, 9.17) is 0 Å². The van der Waals surface area contributed by atoms with Gasteiger partial charge in [0.15, 0.2) is 5.78 Å². The largest absolute Gasteiger partial charge is 0.312 e. The van der Waals surface area contributed by atoms with Crippen molar-refractivity contribution in [2.24, 2.45) is 5.92 Å². The van der Waals surface area contributed by atoms with Gasteiger partial charge in [0.1, 0.15) is 0 Å². The normalized spacial score (nSPS) is 15.5. The van der Waals surface area contributed by atoms with Crippen molar-refractivity contribution in [2.45, 2.75) is 58.2 Å². The number of alkyl halides is 2. The molecule has 0 aliphatic heterocycles. The van der Waals surface area contributed by atoms with Gasteiger partial charge in [0.2, 0.25) is 0 Å². The molecule has 2 nitrogen and oxygen atoms in total. The fourth-order valence-corrected chi connectivity index (χ4v) is 3.33. The zero-order valence-electron chi connectivity index (χ0n) is 13.9. The molecule has 0 spiro atoms. The molecular formula is C18H26F2NOP. The molecule has 0 heterocycles. The van der Waals surface area contributed by atoms with Crippen molar-refractivity contribution in [3.63, 3.8) is 0 Å². The van der Waals surface area contributed by atoms with Crippen LogP contribution in [0.25, 0.3) is 0 Å². The topological polar surface area (TPSA) is 29.1 Å². The quantitative estimate of drug-likeness (QED) is 0.550. The van der Waals surface area contributed by atoms with Crippen LogP contribution in [0, 0.1) is 5.92 Å². The summed E-state index contributed by atoms with van der Waals surface area (Å²) >= 11 is 0. The van der Waals surface area contributed by atoms with Crippen LogP contribution in [0.2, 0.25) is 0 Å². The lowest BCUT2D eigenvalue weighted by Crippen LogP contribution is -2.27. The van der Waals surface area contributed by atoms with Crippen LogP contribution < -0.4 is 5.32 Å². The third kappa shape index (κ3) is 4.58. The van der Waals surface area contributed by atoms with E-state index in [0.29, 0.717) is 36.4 Å². The Balaban J connectivity index is 2.28. The number of ketones is 1. The smallest absolute Gasteiger partial charge is 0.284 e. The Morgan fingerprint density at radius 3 is 2.52 bits per heavy atom. The Labute approximate surface area is 139 Å². The van der Waals surface area contributed by atoms with Gasteiger partial charge in [0, 0.05) is 24.1 Å². The van der Waals surface area contributed by atoms with Crippen LogP contribution in [0.4, 0.5) is 8.78 Å². The molecule has 0 radical (unpaired) electrons. The van der Waals surface area contributed by atoms with Crippen molar-refractivity contribution in [1.82, 2.24) is 5.32 Å². The second-order valence-electron chi connectivity index (χ2n) is 6.35. The van der Waals surface area contributed by atoms with Crippen LogP contribution in [0.15, 0.2) is 12.1 Å². The highest BCUT2D eigenvalue weighted by Gasteiger charge is 2.30. The molecule has 0 bridgehead atoms. The van der Waals surface area contributed by atoms with Crippen molar-refractivity contribution < 1.29 is 13.6 Å². The average Bonchev–Trinajstić information content (AvgIpc) is 2.47. The molecule has 1 aliphatic rings. The standard InChI is InChI=1S/C18H26F2NOP/c1-3-14-15(17(22)4-2)8-13(9-16(14)18(19,20)23)11-21-10-12-6-5-7-12/h8-9,12,21H,3-7,10-11,23H2,1-2H3. The maximum atomic E-state index is 14.0. The first-order chi connectivity index (χ1) is 10.9. The van der Waals surface area contributed by atoms with Crippen LogP contribution in [0.1, 0.15) is 66.6 Å². The lowest BCUT2D eigenvalue weighted by atomic mass is 9.85. The fourth-order valence-electron chi connectivity index (χ4n) is 3.07. The van der Waals surface area contributed by atoms with Gasteiger partial charge in [0.05, 0.1) is 0 Å². The van der Waals surface area contributed by atoms with Crippen LogP contribution in [0.5, 0.6) is 0 Å². The zero-order chi connectivity index (χ0) is 17.0. The van der Waals surface area contributed by atoms with E-state index < -0.39 is 5.66 Å². The summed E-state index contributed by atoms with van der Waals surface area (Å²) in [6, 6.07) is 3.34. The zero-order valence-corrected chi connectivity index (χ0v) is 15.1. The second-order valence-corrected chi connectivity index (χ2v) is 7.08. The first kappa shape index (κ1) is 18.5. The van der Waals surface area contributed by atoms with Crippen molar-refractivity contribution >= 4 is 15.0 Å². The monoisotopic (exact) mass is 341 g/mol. The lowest BCUT2D eigenvalue weighted by Gasteiger charge is -2.26. The van der Waals surface area contributed by atoms with Gasteiger partial charge in [-0.2, -0.15) is 8.78 Å². The summed E-state index contributed by atoms with van der Waals surface area (Å²) in [5, 5.41) is 3.34. The third-order valence-corrected chi connectivity index (χ3v) is 4.94. The Hall–Kier alpha value is -0.860. The number of benzene rings is 1. The summed E-state index contributed by atoms with van der Waals surface area (Å²) in [5.41, 5.74) is -1.37. The number of halogens is 2. The van der Waals surface area contributed by atoms with Gasteiger partial charge in [-0.1, -0.05) is 29.5 Å². The molecule has 1 unspecified atom stereocenters. The maximum absolute atomic E-state index is 14.0. The minimum absolute atomic E-state index is 0.0373. The third-order valence-electron chi connectivity index (χ3n) is 4.63. The summed E-state index contributed by atoms with van der Waals surface area (Å²) in [5.74, 6) is 0.641. The fraction of sp³-hybridized carbons (Fsp3) is 0.611. The summed E-state index contributed by atoms with van der Waals surface area (Å²) in [6.45, 7) is 5.02. The first-order valence-electron chi connectivity index (χ1n) is 8.43. The van der Waals surface area contributed by atoms with Crippen molar-refractivity contribution in [3.05, 3.63) is 34.4 Å². The molecule has 1 aromatic rings. The van der Waals surface area contributed by atoms with Crippen molar-refractivity contribution in [3.8, 4) is 0 Å². The van der Waals surface area contributed by atoms with Gasteiger partial charge < -0.3 is 5.32 Å². The summed E-state index contributed by atoms with van der Waals surface area (Å²) in [6.07, 6.45) is 4.53. The molecule has 2 rings (SSSR count). The molecule has 0 saturated heterocycles.